The van der Waals surface area contributed by atoms with Crippen LogP contribution in [0.2, 0.25) is 0 Å². The molecule has 2 N–H and O–H groups in total. The van der Waals surface area contributed by atoms with E-state index in [0.717, 1.165) is 23.2 Å². The predicted octanol–water partition coefficient (Wildman–Crippen LogP) is 3.76. The topological polar surface area (TPSA) is 84.9 Å². The monoisotopic (exact) mass is 379 g/mol. The molecule has 144 valence electrons. The molecule has 1 aliphatic carbocycles. The average molecular weight is 379 g/mol. The molecule has 0 spiro atoms. The zero-order valence-corrected chi connectivity index (χ0v) is 15.4. The number of hydrogen-bond donors (Lipinski definition) is 2. The highest BCUT2D eigenvalue weighted by atomic mass is 16.6. The van der Waals surface area contributed by atoms with Gasteiger partial charge in [-0.1, -0.05) is 24.3 Å². The summed E-state index contributed by atoms with van der Waals surface area (Å²) in [5.74, 6) is -0.215. The summed E-state index contributed by atoms with van der Waals surface area (Å²) in [4.78, 5) is 22.5. The van der Waals surface area contributed by atoms with Gasteiger partial charge in [-0.05, 0) is 53.8 Å². The predicted molar refractivity (Wildman–Crippen MR) is 104 cm³/mol. The lowest BCUT2D eigenvalue weighted by Gasteiger charge is -2.37. The van der Waals surface area contributed by atoms with Gasteiger partial charge in [-0.25, -0.2) is 9.59 Å². The maximum absolute atomic E-state index is 11.3. The van der Waals surface area contributed by atoms with Crippen molar-refractivity contribution in [3.63, 3.8) is 0 Å². The van der Waals surface area contributed by atoms with Crippen LogP contribution in [0.5, 0.6) is 5.75 Å². The van der Waals surface area contributed by atoms with Gasteiger partial charge in [0, 0.05) is 11.6 Å². The van der Waals surface area contributed by atoms with Crippen molar-refractivity contribution in [3.05, 3.63) is 71.3 Å². The number of aromatic carboxylic acids is 1. The highest BCUT2D eigenvalue weighted by Crippen LogP contribution is 2.50. The first-order valence-corrected chi connectivity index (χ1v) is 9.17. The van der Waals surface area contributed by atoms with Crippen molar-refractivity contribution in [2.45, 2.75) is 18.4 Å². The van der Waals surface area contributed by atoms with E-state index in [-0.39, 0.29) is 18.6 Å². The van der Waals surface area contributed by atoms with E-state index >= 15 is 0 Å². The first-order chi connectivity index (χ1) is 13.6. The quantitative estimate of drug-likeness (QED) is 0.608. The Morgan fingerprint density at radius 3 is 2.68 bits per heavy atom. The van der Waals surface area contributed by atoms with Gasteiger partial charge < -0.3 is 19.9 Å². The second kappa shape index (κ2) is 7.38. The largest absolute Gasteiger partial charge is 0.482 e. The Balaban J connectivity index is 1.58. The second-order valence-corrected chi connectivity index (χ2v) is 7.02. The summed E-state index contributed by atoms with van der Waals surface area (Å²) in [6, 6.07) is 13.1. The number of fused-ring (bicyclic) bond motifs is 3. The Hall–Kier alpha value is -3.28. The summed E-state index contributed by atoms with van der Waals surface area (Å²) < 4.78 is 9.99. The molecule has 0 bridgehead atoms. The number of methoxy groups -OCH3 is 1. The molecule has 0 amide bonds. The minimum Gasteiger partial charge on any atom is -0.482 e. The highest BCUT2D eigenvalue weighted by Gasteiger charge is 2.38. The minimum atomic E-state index is -0.911. The number of hydrogen-bond acceptors (Lipinski definition) is 5. The molecule has 6 nitrogen and oxygen atoms in total. The van der Waals surface area contributed by atoms with Crippen molar-refractivity contribution in [1.29, 1.82) is 0 Å². The number of allylic oxidation sites excluding steroid dienone is 2. The van der Waals surface area contributed by atoms with Crippen molar-refractivity contribution >= 4 is 17.6 Å². The van der Waals surface area contributed by atoms with Crippen LogP contribution in [-0.2, 0) is 9.53 Å². The molecule has 2 aliphatic rings. The molecule has 0 radical (unpaired) electrons. The molecule has 2 aromatic rings. The average Bonchev–Trinajstić information content (AvgIpc) is 3.21. The molecule has 0 saturated carbocycles. The second-order valence-electron chi connectivity index (χ2n) is 7.02. The normalized spacial score (nSPS) is 22.0. The molecule has 0 fully saturated rings. The number of anilines is 1. The van der Waals surface area contributed by atoms with Crippen molar-refractivity contribution in [1.82, 2.24) is 0 Å². The molecule has 1 aliphatic heterocycles. The molecule has 4 rings (SSSR count). The van der Waals surface area contributed by atoms with Gasteiger partial charge in [-0.3, -0.25) is 0 Å². The number of rotatable bonds is 5. The first-order valence-electron chi connectivity index (χ1n) is 9.17. The van der Waals surface area contributed by atoms with Crippen LogP contribution in [-0.4, -0.2) is 30.8 Å². The molecule has 3 atom stereocenters. The van der Waals surface area contributed by atoms with Crippen LogP contribution in [0.1, 0.15) is 39.9 Å². The molecular formula is C22H21NO5. The smallest absolute Gasteiger partial charge is 0.343 e. The number of carbonyl (C=O) groups excluding carboxylic acids is 1. The number of nitrogens with one attached hydrogen (secondary N) is 1. The van der Waals surface area contributed by atoms with Gasteiger partial charge in [0.1, 0.15) is 5.75 Å². The molecule has 6 heteroatoms. The fraction of sp³-hybridized carbons (Fsp3) is 0.273. The Morgan fingerprint density at radius 2 is 1.96 bits per heavy atom. The van der Waals surface area contributed by atoms with E-state index in [1.807, 2.05) is 30.3 Å². The molecular weight excluding hydrogens is 358 g/mol. The van der Waals surface area contributed by atoms with Gasteiger partial charge in [0.2, 0.25) is 0 Å². The van der Waals surface area contributed by atoms with Crippen LogP contribution >= 0.6 is 0 Å². The number of carboxylic acid groups (broad SMARTS) is 1. The van der Waals surface area contributed by atoms with Crippen LogP contribution in [0, 0.1) is 5.92 Å². The zero-order chi connectivity index (χ0) is 19.7. The van der Waals surface area contributed by atoms with E-state index in [1.54, 1.807) is 12.1 Å². The van der Waals surface area contributed by atoms with E-state index in [9.17, 15) is 14.7 Å². The molecule has 0 saturated heterocycles. The van der Waals surface area contributed by atoms with Gasteiger partial charge >= 0.3 is 11.9 Å². The Kier molecular flexibility index (Phi) is 4.77. The van der Waals surface area contributed by atoms with Crippen LogP contribution in [0.15, 0.2) is 54.6 Å². The van der Waals surface area contributed by atoms with Crippen molar-refractivity contribution < 1.29 is 24.2 Å². The van der Waals surface area contributed by atoms with Gasteiger partial charge in [-0.2, -0.15) is 0 Å². The molecule has 2 aromatic carbocycles. The third-order valence-corrected chi connectivity index (χ3v) is 5.43. The van der Waals surface area contributed by atoms with Crippen LogP contribution in [0.4, 0.5) is 5.69 Å². The number of ether oxygens (including phenoxy) is 2. The third-order valence-electron chi connectivity index (χ3n) is 5.43. The third kappa shape index (κ3) is 3.33. The number of carboxylic acids is 1. The minimum absolute atomic E-state index is 0.109. The maximum Gasteiger partial charge on any atom is 0.343 e. The van der Waals surface area contributed by atoms with Gasteiger partial charge in [0.05, 0.1) is 18.7 Å². The van der Waals surface area contributed by atoms with Crippen molar-refractivity contribution in [3.8, 4) is 5.75 Å². The van der Waals surface area contributed by atoms with E-state index in [0.29, 0.717) is 17.2 Å². The van der Waals surface area contributed by atoms with Crippen LogP contribution < -0.4 is 10.1 Å². The summed E-state index contributed by atoms with van der Waals surface area (Å²) in [6.45, 7) is -0.120. The number of esters is 1. The number of benzene rings is 2. The highest BCUT2D eigenvalue weighted by molar-refractivity contribution is 5.89. The molecule has 1 heterocycles. The van der Waals surface area contributed by atoms with Crippen molar-refractivity contribution in [2.75, 3.05) is 19.0 Å². The fourth-order valence-electron chi connectivity index (χ4n) is 4.03. The van der Waals surface area contributed by atoms with Gasteiger partial charge in [0.15, 0.2) is 6.61 Å². The Morgan fingerprint density at radius 1 is 1.18 bits per heavy atom. The summed E-state index contributed by atoms with van der Waals surface area (Å²) in [5, 5.41) is 12.9. The lowest BCUT2D eigenvalue weighted by Crippen LogP contribution is -2.29. The summed E-state index contributed by atoms with van der Waals surface area (Å²) in [7, 11) is 1.33. The molecule has 0 unspecified atom stereocenters. The SMILES string of the molecule is COC(=O)COc1ccc([C@@H]2Nc3ccc(C(=O)O)cc3[C@H]3C=CC[C@@H]32)cc1. The van der Waals surface area contributed by atoms with Crippen molar-refractivity contribution in [2.24, 2.45) is 5.92 Å². The summed E-state index contributed by atoms with van der Waals surface area (Å²) in [5.41, 5.74) is 3.43. The van der Waals surface area contributed by atoms with Gasteiger partial charge in [-0.15, -0.1) is 0 Å². The fourth-order valence-corrected chi connectivity index (χ4v) is 4.03. The van der Waals surface area contributed by atoms with Gasteiger partial charge in [0.25, 0.3) is 0 Å². The van der Waals surface area contributed by atoms with E-state index in [1.165, 1.54) is 7.11 Å². The van der Waals surface area contributed by atoms with E-state index in [4.69, 9.17) is 4.74 Å². The first kappa shape index (κ1) is 18.1. The molecule has 0 aromatic heterocycles. The Labute approximate surface area is 162 Å². The zero-order valence-electron chi connectivity index (χ0n) is 15.4. The summed E-state index contributed by atoms with van der Waals surface area (Å²) in [6.07, 6.45) is 5.27. The lowest BCUT2D eigenvalue weighted by molar-refractivity contribution is -0.142. The molecule has 28 heavy (non-hydrogen) atoms. The van der Waals surface area contributed by atoms with E-state index in [2.05, 4.69) is 22.2 Å². The van der Waals surface area contributed by atoms with Crippen LogP contribution in [0.3, 0.4) is 0 Å². The number of carbonyl (C=O) groups is 2. The van der Waals surface area contributed by atoms with E-state index < -0.39 is 11.9 Å². The maximum atomic E-state index is 11.3. The van der Waals surface area contributed by atoms with Crippen LogP contribution in [0.25, 0.3) is 0 Å². The summed E-state index contributed by atoms with van der Waals surface area (Å²) >= 11 is 0. The Bertz CT molecular complexity index is 934. The standard InChI is InChI=1S/C22H21NO5/c1-27-20(24)12-28-15-8-5-13(6-9-15)21-17-4-2-3-16(17)18-11-14(22(25)26)7-10-19(18)23-21/h2-3,5-11,16-17,21,23H,4,12H2,1H3,(H,25,26)/t16-,17-,21-/m0/s1. The lowest BCUT2D eigenvalue weighted by atomic mass is 9.76.